The summed E-state index contributed by atoms with van der Waals surface area (Å²) in [6.45, 7) is 0. The van der Waals surface area contributed by atoms with Gasteiger partial charge in [0.15, 0.2) is 0 Å². The Bertz CT molecular complexity index is 289. The molecular formula is C13H16LiN. The van der Waals surface area contributed by atoms with Gasteiger partial charge in [0.2, 0.25) is 0 Å². The molecule has 2 rings (SSSR count). The molecule has 0 heterocycles. The predicted molar refractivity (Wildman–Crippen MR) is 59.7 cm³/mol. The van der Waals surface area contributed by atoms with Crippen molar-refractivity contribution in [2.24, 2.45) is 4.99 Å². The van der Waals surface area contributed by atoms with Gasteiger partial charge in [0.1, 0.15) is 0 Å². The van der Waals surface area contributed by atoms with Crippen LogP contribution in [0.25, 0.3) is 0 Å². The van der Waals surface area contributed by atoms with E-state index < -0.39 is 0 Å². The number of hydrogen-bond donors (Lipinski definition) is 0. The zero-order valence-electron chi connectivity index (χ0n) is 9.45. The van der Waals surface area contributed by atoms with Crippen molar-refractivity contribution in [2.75, 3.05) is 0 Å². The Balaban J connectivity index is 0.00000112. The normalized spacial score (nSPS) is 17.6. The van der Waals surface area contributed by atoms with Crippen LogP contribution >= 0.6 is 0 Å². The third-order valence-corrected chi connectivity index (χ3v) is 2.74. The van der Waals surface area contributed by atoms with Crippen LogP contribution in [0.5, 0.6) is 0 Å². The minimum atomic E-state index is 0. The maximum Gasteiger partial charge on any atom is 1.00 e. The third-order valence-electron chi connectivity index (χ3n) is 2.74. The van der Waals surface area contributed by atoms with E-state index in [4.69, 9.17) is 0 Å². The fourth-order valence-electron chi connectivity index (χ4n) is 1.91. The Kier molecular flexibility index (Phi) is 5.76. The number of aliphatic imine (C=N–C) groups is 1. The predicted octanol–water partition coefficient (Wildman–Crippen LogP) is 0.242. The van der Waals surface area contributed by atoms with Crippen molar-refractivity contribution in [1.29, 1.82) is 0 Å². The van der Waals surface area contributed by atoms with E-state index in [0.717, 1.165) is 5.56 Å². The van der Waals surface area contributed by atoms with Crippen molar-refractivity contribution in [1.82, 2.24) is 0 Å². The van der Waals surface area contributed by atoms with Gasteiger partial charge in [-0.05, 0) is 19.1 Å². The molecule has 1 saturated carbocycles. The van der Waals surface area contributed by atoms with E-state index in [0.29, 0.717) is 6.04 Å². The summed E-state index contributed by atoms with van der Waals surface area (Å²) in [5, 5.41) is 0. The van der Waals surface area contributed by atoms with Crippen LogP contribution in [-0.4, -0.2) is 12.3 Å². The molecule has 1 aliphatic carbocycles. The Morgan fingerprint density at radius 2 is 2.07 bits per heavy atom. The first kappa shape index (κ1) is 12.6. The van der Waals surface area contributed by atoms with E-state index in [1.54, 1.807) is 0 Å². The summed E-state index contributed by atoms with van der Waals surface area (Å²) in [4.78, 5) is 4.61. The van der Waals surface area contributed by atoms with E-state index >= 15 is 0 Å². The van der Waals surface area contributed by atoms with Gasteiger partial charge in [0.05, 0.1) is 0 Å². The van der Waals surface area contributed by atoms with Crippen LogP contribution in [0, 0.1) is 6.07 Å². The van der Waals surface area contributed by atoms with Crippen molar-refractivity contribution < 1.29 is 18.9 Å². The number of rotatable bonds is 2. The molecule has 1 aliphatic rings. The van der Waals surface area contributed by atoms with Crippen LogP contribution < -0.4 is 18.9 Å². The molecule has 0 aliphatic heterocycles. The molecular weight excluding hydrogens is 177 g/mol. The molecule has 0 spiro atoms. The quantitative estimate of drug-likeness (QED) is 0.362. The molecule has 1 nitrogen and oxygen atoms in total. The second-order valence-corrected chi connectivity index (χ2v) is 3.91. The van der Waals surface area contributed by atoms with Gasteiger partial charge in [-0.1, -0.05) is 19.3 Å². The summed E-state index contributed by atoms with van der Waals surface area (Å²) in [7, 11) is 0. The Morgan fingerprint density at radius 3 is 2.73 bits per heavy atom. The molecule has 0 bridgehead atoms. The molecule has 0 radical (unpaired) electrons. The zero-order chi connectivity index (χ0) is 9.64. The fourth-order valence-corrected chi connectivity index (χ4v) is 1.91. The van der Waals surface area contributed by atoms with Crippen molar-refractivity contribution in [3.05, 3.63) is 35.9 Å². The molecule has 74 valence electrons. The maximum absolute atomic E-state index is 4.61. The minimum Gasteiger partial charge on any atom is -0.302 e. The van der Waals surface area contributed by atoms with Crippen LogP contribution in [0.1, 0.15) is 37.7 Å². The number of benzene rings is 1. The van der Waals surface area contributed by atoms with Gasteiger partial charge in [0, 0.05) is 6.04 Å². The molecule has 1 fully saturated rings. The average molecular weight is 193 g/mol. The molecule has 15 heavy (non-hydrogen) atoms. The molecule has 1 aromatic carbocycles. The monoisotopic (exact) mass is 193 g/mol. The summed E-state index contributed by atoms with van der Waals surface area (Å²) in [5.74, 6) is 0. The Labute approximate surface area is 104 Å². The third kappa shape index (κ3) is 4.24. The van der Waals surface area contributed by atoms with Crippen molar-refractivity contribution in [3.63, 3.8) is 0 Å². The maximum atomic E-state index is 4.61. The van der Waals surface area contributed by atoms with Gasteiger partial charge < -0.3 is 4.99 Å². The molecule has 0 aromatic heterocycles. The number of nitrogens with zero attached hydrogens (tertiary/aromatic N) is 1. The molecule has 0 amide bonds. The van der Waals surface area contributed by atoms with Gasteiger partial charge in [-0.3, -0.25) is 0 Å². The second-order valence-electron chi connectivity index (χ2n) is 3.91. The molecule has 2 heteroatoms. The molecule has 0 atom stereocenters. The van der Waals surface area contributed by atoms with E-state index in [-0.39, 0.29) is 18.9 Å². The summed E-state index contributed by atoms with van der Waals surface area (Å²) >= 11 is 0. The Hall–Kier alpha value is -0.513. The summed E-state index contributed by atoms with van der Waals surface area (Å²) in [6.07, 6.45) is 8.63. The summed E-state index contributed by atoms with van der Waals surface area (Å²) < 4.78 is 0. The van der Waals surface area contributed by atoms with Crippen molar-refractivity contribution >= 4 is 6.21 Å². The van der Waals surface area contributed by atoms with E-state index in [1.807, 2.05) is 24.4 Å². The van der Waals surface area contributed by atoms with Crippen molar-refractivity contribution in [3.8, 4) is 0 Å². The van der Waals surface area contributed by atoms with E-state index in [1.165, 1.54) is 32.1 Å². The van der Waals surface area contributed by atoms with Gasteiger partial charge in [-0.25, -0.2) is 0 Å². The van der Waals surface area contributed by atoms with Crippen LogP contribution in [-0.2, 0) is 0 Å². The van der Waals surface area contributed by atoms with Gasteiger partial charge in [-0.15, -0.1) is 5.56 Å². The van der Waals surface area contributed by atoms with Gasteiger partial charge >= 0.3 is 18.9 Å². The molecule has 1 aromatic rings. The second kappa shape index (κ2) is 6.88. The first-order chi connectivity index (χ1) is 6.95. The number of hydrogen-bond acceptors (Lipinski definition) is 1. The standard InChI is InChI=1S/C13H16N.Li/c1-3-7-12(8-4-1)11-14-13-9-5-2-6-10-13;/h1,3,7-8,11,13H,2,5-6,9-10H2;/q-1;+1. The summed E-state index contributed by atoms with van der Waals surface area (Å²) in [5.41, 5.74) is 1.16. The zero-order valence-corrected chi connectivity index (χ0v) is 9.45. The minimum absolute atomic E-state index is 0. The van der Waals surface area contributed by atoms with E-state index in [9.17, 15) is 0 Å². The molecule has 0 saturated heterocycles. The van der Waals surface area contributed by atoms with Gasteiger partial charge in [0.25, 0.3) is 0 Å². The topological polar surface area (TPSA) is 12.4 Å². The molecule has 0 unspecified atom stereocenters. The van der Waals surface area contributed by atoms with Crippen molar-refractivity contribution in [2.45, 2.75) is 38.1 Å². The van der Waals surface area contributed by atoms with Gasteiger partial charge in [-0.2, -0.15) is 30.3 Å². The van der Waals surface area contributed by atoms with Crippen LogP contribution in [0.2, 0.25) is 0 Å². The van der Waals surface area contributed by atoms with Crippen LogP contribution in [0.15, 0.2) is 29.3 Å². The average Bonchev–Trinajstić information content (AvgIpc) is 2.29. The van der Waals surface area contributed by atoms with E-state index in [2.05, 4.69) is 17.1 Å². The van der Waals surface area contributed by atoms with Crippen LogP contribution in [0.4, 0.5) is 0 Å². The Morgan fingerprint density at radius 1 is 1.27 bits per heavy atom. The SMILES string of the molecule is [Li+].[c-]1cccc(C=NC2CCCCC2)c1. The summed E-state index contributed by atoms with van der Waals surface area (Å²) in [6, 6.07) is 11.6. The molecule has 0 N–H and O–H groups in total. The fraction of sp³-hybridized carbons (Fsp3) is 0.462. The van der Waals surface area contributed by atoms with Crippen LogP contribution in [0.3, 0.4) is 0 Å². The smallest absolute Gasteiger partial charge is 0.302 e. The first-order valence-electron chi connectivity index (χ1n) is 5.44. The first-order valence-corrected chi connectivity index (χ1v) is 5.44. The largest absolute Gasteiger partial charge is 1.00 e.